The molecule has 1 saturated carbocycles. The van der Waals surface area contributed by atoms with Gasteiger partial charge in [-0.15, -0.1) is 0 Å². The minimum Gasteiger partial charge on any atom is -0.497 e. The zero-order valence-electron chi connectivity index (χ0n) is 11.5. The summed E-state index contributed by atoms with van der Waals surface area (Å²) in [4.78, 5) is 0. The van der Waals surface area contributed by atoms with E-state index in [0.29, 0.717) is 0 Å². The van der Waals surface area contributed by atoms with Gasteiger partial charge >= 0.3 is 0 Å². The fraction of sp³-hybridized carbons (Fsp3) is 0.600. The highest BCUT2D eigenvalue weighted by Crippen LogP contribution is 2.45. The second kappa shape index (κ2) is 5.72. The first-order valence-corrected chi connectivity index (χ1v) is 6.68. The number of hydrogen-bond donors (Lipinski definition) is 1. The Labute approximate surface area is 109 Å². The lowest BCUT2D eigenvalue weighted by Crippen LogP contribution is -2.50. The van der Waals surface area contributed by atoms with Gasteiger partial charge in [0.25, 0.3) is 0 Å². The Kier molecular flexibility index (Phi) is 4.25. The van der Waals surface area contributed by atoms with Crippen LogP contribution in [-0.4, -0.2) is 26.4 Å². The molecule has 0 aliphatic heterocycles. The third kappa shape index (κ3) is 2.38. The second-order valence-electron chi connectivity index (χ2n) is 4.89. The molecule has 1 atom stereocenters. The van der Waals surface area contributed by atoms with Crippen LogP contribution in [0.5, 0.6) is 5.75 Å². The van der Waals surface area contributed by atoms with Crippen molar-refractivity contribution in [1.29, 1.82) is 0 Å². The number of hydrogen-bond acceptors (Lipinski definition) is 3. The normalized spacial score (nSPS) is 19.1. The molecule has 0 saturated heterocycles. The topological polar surface area (TPSA) is 30.5 Å². The van der Waals surface area contributed by atoms with Crippen molar-refractivity contribution >= 4 is 0 Å². The van der Waals surface area contributed by atoms with E-state index in [2.05, 4.69) is 24.4 Å². The average molecular weight is 249 g/mol. The molecule has 0 heterocycles. The molecular weight excluding hydrogens is 226 g/mol. The molecular formula is C15H23NO2. The maximum absolute atomic E-state index is 5.81. The molecule has 3 nitrogen and oxygen atoms in total. The summed E-state index contributed by atoms with van der Waals surface area (Å²) < 4.78 is 11.0. The maximum Gasteiger partial charge on any atom is 0.118 e. The van der Waals surface area contributed by atoms with Crippen LogP contribution in [0.4, 0.5) is 0 Å². The highest BCUT2D eigenvalue weighted by atomic mass is 16.5. The summed E-state index contributed by atoms with van der Waals surface area (Å²) in [7, 11) is 3.52. The van der Waals surface area contributed by atoms with Gasteiger partial charge in [0.05, 0.1) is 18.8 Å². The SMILES string of the molecule is CCNC(c1ccc(OC)cc1)C1(OC)CCC1. The number of rotatable bonds is 6. The van der Waals surface area contributed by atoms with Crippen molar-refractivity contribution in [3.8, 4) is 5.75 Å². The average Bonchev–Trinajstić information content (AvgIpc) is 2.37. The van der Waals surface area contributed by atoms with Crippen molar-refractivity contribution < 1.29 is 9.47 Å². The molecule has 1 aromatic carbocycles. The number of methoxy groups -OCH3 is 2. The lowest BCUT2D eigenvalue weighted by atomic mass is 9.72. The van der Waals surface area contributed by atoms with Gasteiger partial charge in [0.1, 0.15) is 5.75 Å². The van der Waals surface area contributed by atoms with Crippen LogP contribution in [0.25, 0.3) is 0 Å². The lowest BCUT2D eigenvalue weighted by Gasteiger charge is -2.47. The van der Waals surface area contributed by atoms with Crippen molar-refractivity contribution in [2.45, 2.75) is 37.8 Å². The Morgan fingerprint density at radius 2 is 1.89 bits per heavy atom. The van der Waals surface area contributed by atoms with Gasteiger partial charge in [-0.25, -0.2) is 0 Å². The van der Waals surface area contributed by atoms with Crippen LogP contribution in [0.1, 0.15) is 37.8 Å². The summed E-state index contributed by atoms with van der Waals surface area (Å²) in [6, 6.07) is 8.56. The van der Waals surface area contributed by atoms with Gasteiger partial charge in [-0.1, -0.05) is 19.1 Å². The molecule has 0 spiro atoms. The number of nitrogens with one attached hydrogen (secondary N) is 1. The van der Waals surface area contributed by atoms with Crippen LogP contribution in [-0.2, 0) is 4.74 Å². The first kappa shape index (κ1) is 13.4. The first-order chi connectivity index (χ1) is 8.75. The van der Waals surface area contributed by atoms with E-state index in [1.807, 2.05) is 19.2 Å². The second-order valence-corrected chi connectivity index (χ2v) is 4.89. The summed E-state index contributed by atoms with van der Waals surface area (Å²) in [6.07, 6.45) is 3.52. The summed E-state index contributed by atoms with van der Waals surface area (Å²) in [5.41, 5.74) is 1.25. The zero-order chi connectivity index (χ0) is 13.0. The zero-order valence-corrected chi connectivity index (χ0v) is 11.5. The Balaban J connectivity index is 2.23. The van der Waals surface area contributed by atoms with E-state index in [4.69, 9.17) is 9.47 Å². The molecule has 0 radical (unpaired) electrons. The molecule has 0 aromatic heterocycles. The lowest BCUT2D eigenvalue weighted by molar-refractivity contribution is -0.0995. The number of benzene rings is 1. The van der Waals surface area contributed by atoms with E-state index in [0.717, 1.165) is 25.1 Å². The predicted octanol–water partition coefficient (Wildman–Crippen LogP) is 2.91. The van der Waals surface area contributed by atoms with Gasteiger partial charge < -0.3 is 14.8 Å². The van der Waals surface area contributed by atoms with Gasteiger partial charge in [0, 0.05) is 7.11 Å². The van der Waals surface area contributed by atoms with Crippen molar-refractivity contribution in [2.24, 2.45) is 0 Å². The van der Waals surface area contributed by atoms with E-state index >= 15 is 0 Å². The van der Waals surface area contributed by atoms with Crippen molar-refractivity contribution in [3.63, 3.8) is 0 Å². The van der Waals surface area contributed by atoms with E-state index in [-0.39, 0.29) is 11.6 Å². The van der Waals surface area contributed by atoms with Crippen molar-refractivity contribution in [3.05, 3.63) is 29.8 Å². The monoisotopic (exact) mass is 249 g/mol. The van der Waals surface area contributed by atoms with E-state index in [9.17, 15) is 0 Å². The number of likely N-dealkylation sites (N-methyl/N-ethyl adjacent to an activating group) is 1. The predicted molar refractivity (Wildman–Crippen MR) is 73.0 cm³/mol. The van der Waals surface area contributed by atoms with Gasteiger partial charge in [-0.3, -0.25) is 0 Å². The third-order valence-electron chi connectivity index (χ3n) is 3.99. The molecule has 100 valence electrons. The Bertz CT molecular complexity index is 365. The van der Waals surface area contributed by atoms with Crippen LogP contribution in [0, 0.1) is 0 Å². The molecule has 1 aromatic rings. The van der Waals surface area contributed by atoms with Crippen LogP contribution < -0.4 is 10.1 Å². The van der Waals surface area contributed by atoms with Crippen LogP contribution in [0.3, 0.4) is 0 Å². The minimum absolute atomic E-state index is 0.0232. The molecule has 1 aliphatic carbocycles. The van der Waals surface area contributed by atoms with Crippen LogP contribution in [0.2, 0.25) is 0 Å². The van der Waals surface area contributed by atoms with Crippen molar-refractivity contribution in [2.75, 3.05) is 20.8 Å². The summed E-state index contributed by atoms with van der Waals surface area (Å²) >= 11 is 0. The molecule has 1 unspecified atom stereocenters. The molecule has 0 bridgehead atoms. The fourth-order valence-electron chi connectivity index (χ4n) is 2.74. The van der Waals surface area contributed by atoms with Crippen molar-refractivity contribution in [1.82, 2.24) is 5.32 Å². The first-order valence-electron chi connectivity index (χ1n) is 6.68. The molecule has 1 aliphatic rings. The number of ether oxygens (including phenoxy) is 2. The molecule has 1 fully saturated rings. The largest absolute Gasteiger partial charge is 0.497 e. The molecule has 2 rings (SSSR count). The van der Waals surface area contributed by atoms with E-state index < -0.39 is 0 Å². The Morgan fingerprint density at radius 1 is 1.22 bits per heavy atom. The Hall–Kier alpha value is -1.06. The highest BCUT2D eigenvalue weighted by molar-refractivity contribution is 5.31. The maximum atomic E-state index is 5.81. The van der Waals surface area contributed by atoms with Crippen LogP contribution in [0.15, 0.2) is 24.3 Å². The van der Waals surface area contributed by atoms with E-state index in [1.54, 1.807) is 7.11 Å². The fourth-order valence-corrected chi connectivity index (χ4v) is 2.74. The van der Waals surface area contributed by atoms with Gasteiger partial charge in [-0.2, -0.15) is 0 Å². The molecule has 18 heavy (non-hydrogen) atoms. The summed E-state index contributed by atoms with van der Waals surface area (Å²) in [5, 5.41) is 3.56. The summed E-state index contributed by atoms with van der Waals surface area (Å²) in [6.45, 7) is 3.08. The van der Waals surface area contributed by atoms with Crippen LogP contribution >= 0.6 is 0 Å². The molecule has 1 N–H and O–H groups in total. The van der Waals surface area contributed by atoms with E-state index in [1.165, 1.54) is 12.0 Å². The minimum atomic E-state index is -0.0232. The Morgan fingerprint density at radius 3 is 2.28 bits per heavy atom. The quantitative estimate of drug-likeness (QED) is 0.841. The highest BCUT2D eigenvalue weighted by Gasteiger charge is 2.44. The molecule has 3 heteroatoms. The standard InChI is InChI=1S/C15H23NO2/c1-4-16-14(15(18-3)10-5-11-15)12-6-8-13(17-2)9-7-12/h6-9,14,16H,4-5,10-11H2,1-3H3. The van der Waals surface area contributed by atoms with Gasteiger partial charge in [-0.05, 0) is 43.5 Å². The van der Waals surface area contributed by atoms with Gasteiger partial charge in [0.2, 0.25) is 0 Å². The smallest absolute Gasteiger partial charge is 0.118 e. The summed E-state index contributed by atoms with van der Waals surface area (Å²) in [5.74, 6) is 0.897. The molecule has 0 amide bonds. The van der Waals surface area contributed by atoms with Gasteiger partial charge in [0.15, 0.2) is 0 Å². The third-order valence-corrected chi connectivity index (χ3v) is 3.99.